The molecule has 0 radical (unpaired) electrons. The van der Waals surface area contributed by atoms with Crippen molar-refractivity contribution >= 4 is 5.91 Å². The monoisotopic (exact) mass is 361 g/mol. The fraction of sp³-hybridized carbons (Fsp3) is 0.474. The molecule has 1 aliphatic heterocycles. The summed E-state index contributed by atoms with van der Waals surface area (Å²) in [5.41, 5.74) is 3.01. The second kappa shape index (κ2) is 8.31. The van der Waals surface area contributed by atoms with E-state index >= 15 is 0 Å². The van der Waals surface area contributed by atoms with E-state index in [-0.39, 0.29) is 23.9 Å². The average molecular weight is 361 g/mol. The van der Waals surface area contributed by atoms with Gasteiger partial charge in [-0.2, -0.15) is 5.10 Å². The predicted octanol–water partition coefficient (Wildman–Crippen LogP) is 2.45. The molecule has 1 aromatic heterocycles. The summed E-state index contributed by atoms with van der Waals surface area (Å²) in [5.74, 6) is 0.0342. The third-order valence-electron chi connectivity index (χ3n) is 4.67. The van der Waals surface area contributed by atoms with E-state index in [1.54, 1.807) is 12.1 Å². The number of benzene rings is 1. The van der Waals surface area contributed by atoms with Gasteiger partial charge in [-0.3, -0.25) is 9.89 Å². The fourth-order valence-electron chi connectivity index (χ4n) is 3.00. The van der Waals surface area contributed by atoms with Crippen molar-refractivity contribution < 1.29 is 18.7 Å². The maximum absolute atomic E-state index is 13.3. The Morgan fingerprint density at radius 1 is 1.46 bits per heavy atom. The fourth-order valence-corrected chi connectivity index (χ4v) is 3.00. The lowest BCUT2D eigenvalue weighted by molar-refractivity contribution is -0.124. The molecule has 0 saturated carbocycles. The van der Waals surface area contributed by atoms with Crippen LogP contribution in [0.3, 0.4) is 0 Å². The van der Waals surface area contributed by atoms with Gasteiger partial charge in [0.2, 0.25) is 5.91 Å². The molecule has 2 N–H and O–H groups in total. The molecule has 140 valence electrons. The largest absolute Gasteiger partial charge is 0.488 e. The van der Waals surface area contributed by atoms with Crippen LogP contribution in [-0.4, -0.2) is 41.5 Å². The van der Waals surface area contributed by atoms with Crippen LogP contribution < -0.4 is 10.1 Å². The summed E-state index contributed by atoms with van der Waals surface area (Å²) >= 11 is 0. The average Bonchev–Trinajstić information content (AvgIpc) is 2.94. The van der Waals surface area contributed by atoms with E-state index in [4.69, 9.17) is 9.47 Å². The van der Waals surface area contributed by atoms with Crippen LogP contribution in [0.5, 0.6) is 5.75 Å². The van der Waals surface area contributed by atoms with Crippen LogP contribution >= 0.6 is 0 Å². The van der Waals surface area contributed by atoms with E-state index in [1.807, 2.05) is 13.8 Å². The van der Waals surface area contributed by atoms with Gasteiger partial charge in [0.05, 0.1) is 24.9 Å². The minimum absolute atomic E-state index is 0.0756. The third kappa shape index (κ3) is 4.60. The smallest absolute Gasteiger partial charge is 0.220 e. The van der Waals surface area contributed by atoms with Gasteiger partial charge >= 0.3 is 0 Å². The summed E-state index contributed by atoms with van der Waals surface area (Å²) < 4.78 is 24.7. The number of H-pyrrole nitrogens is 1. The van der Waals surface area contributed by atoms with Gasteiger partial charge < -0.3 is 14.8 Å². The Balaban J connectivity index is 1.55. The van der Waals surface area contributed by atoms with Gasteiger partial charge in [0.25, 0.3) is 0 Å². The summed E-state index contributed by atoms with van der Waals surface area (Å²) in [7, 11) is 0. The van der Waals surface area contributed by atoms with Crippen molar-refractivity contribution in [1.29, 1.82) is 0 Å². The molecular formula is C19H24FN3O3. The number of nitrogens with one attached hydrogen (secondary N) is 2. The first kappa shape index (κ1) is 18.4. The number of hydrogen-bond acceptors (Lipinski definition) is 4. The van der Waals surface area contributed by atoms with Gasteiger partial charge in [-0.15, -0.1) is 0 Å². The molecule has 26 heavy (non-hydrogen) atoms. The lowest BCUT2D eigenvalue weighted by Gasteiger charge is -2.32. The minimum Gasteiger partial charge on any atom is -0.488 e. The summed E-state index contributed by atoms with van der Waals surface area (Å²) in [6.45, 7) is 4.88. The molecule has 2 heterocycles. The van der Waals surface area contributed by atoms with Gasteiger partial charge in [0, 0.05) is 31.0 Å². The first-order chi connectivity index (χ1) is 12.5. The van der Waals surface area contributed by atoms with E-state index < -0.39 is 0 Å². The van der Waals surface area contributed by atoms with E-state index in [1.165, 1.54) is 12.1 Å². The topological polar surface area (TPSA) is 76.2 Å². The number of carbonyl (C=O) groups is 1. The molecule has 6 nitrogen and oxygen atoms in total. The molecule has 3 rings (SSSR count). The second-order valence-electron chi connectivity index (χ2n) is 6.57. The molecule has 0 spiro atoms. The standard InChI is InChI=1S/C19H24FN3O3/c1-12-13(2)22-23-16(12)6-7-19(24)21-17-11-25-9-8-18(17)26-15-5-3-4-14(20)10-15/h3-5,10,17-18H,6-9,11H2,1-2H3,(H,21,24)(H,22,23)/t17-,18+/m1/s1. The van der Waals surface area contributed by atoms with Crippen molar-refractivity contribution in [3.05, 3.63) is 47.0 Å². The molecule has 0 unspecified atom stereocenters. The molecule has 1 saturated heterocycles. The predicted molar refractivity (Wildman–Crippen MR) is 94.6 cm³/mol. The first-order valence-electron chi connectivity index (χ1n) is 8.82. The normalized spacial score (nSPS) is 20.0. The molecule has 7 heteroatoms. The highest BCUT2D eigenvalue weighted by molar-refractivity contribution is 5.76. The van der Waals surface area contributed by atoms with Crippen molar-refractivity contribution in [2.45, 2.75) is 45.3 Å². The van der Waals surface area contributed by atoms with Crippen LogP contribution in [0.2, 0.25) is 0 Å². The van der Waals surface area contributed by atoms with Crippen LogP contribution in [0.25, 0.3) is 0 Å². The van der Waals surface area contributed by atoms with Crippen LogP contribution in [0.1, 0.15) is 29.8 Å². The number of nitrogens with zero attached hydrogens (tertiary/aromatic N) is 1. The maximum atomic E-state index is 13.3. The van der Waals surface area contributed by atoms with Crippen LogP contribution in [0.15, 0.2) is 24.3 Å². The first-order valence-corrected chi connectivity index (χ1v) is 8.82. The Morgan fingerprint density at radius 2 is 2.31 bits per heavy atom. The van der Waals surface area contributed by atoms with Crippen LogP contribution in [-0.2, 0) is 16.0 Å². The lowest BCUT2D eigenvalue weighted by atomic mass is 10.1. The van der Waals surface area contributed by atoms with Crippen molar-refractivity contribution in [3.63, 3.8) is 0 Å². The highest BCUT2D eigenvalue weighted by Gasteiger charge is 2.29. The van der Waals surface area contributed by atoms with Crippen molar-refractivity contribution in [2.75, 3.05) is 13.2 Å². The third-order valence-corrected chi connectivity index (χ3v) is 4.67. The van der Waals surface area contributed by atoms with Gasteiger partial charge in [-0.25, -0.2) is 4.39 Å². The number of amides is 1. The molecule has 1 aromatic carbocycles. The number of aromatic nitrogens is 2. The molecule has 2 aromatic rings. The Kier molecular flexibility index (Phi) is 5.88. The number of halogens is 1. The zero-order valence-electron chi connectivity index (χ0n) is 15.0. The van der Waals surface area contributed by atoms with E-state index in [2.05, 4.69) is 15.5 Å². The molecular weight excluding hydrogens is 337 g/mol. The Hall–Kier alpha value is -2.41. The second-order valence-corrected chi connectivity index (χ2v) is 6.57. The molecule has 1 aliphatic rings. The Morgan fingerprint density at radius 3 is 3.04 bits per heavy atom. The van der Waals surface area contributed by atoms with Crippen molar-refractivity contribution in [1.82, 2.24) is 15.5 Å². The number of aryl methyl sites for hydroxylation is 2. The summed E-state index contributed by atoms with van der Waals surface area (Å²) in [4.78, 5) is 12.3. The highest BCUT2D eigenvalue weighted by Crippen LogP contribution is 2.19. The number of carbonyl (C=O) groups excluding carboxylic acids is 1. The van der Waals surface area contributed by atoms with Gasteiger partial charge in [-0.05, 0) is 31.5 Å². The zero-order valence-corrected chi connectivity index (χ0v) is 15.0. The van der Waals surface area contributed by atoms with E-state index in [9.17, 15) is 9.18 Å². The van der Waals surface area contributed by atoms with E-state index in [0.717, 1.165) is 17.0 Å². The number of aromatic amines is 1. The number of rotatable bonds is 6. The van der Waals surface area contributed by atoms with Gasteiger partial charge in [0.15, 0.2) is 0 Å². The molecule has 1 amide bonds. The molecule has 0 aliphatic carbocycles. The Bertz CT molecular complexity index is 762. The minimum atomic E-state index is -0.347. The zero-order chi connectivity index (χ0) is 18.5. The van der Waals surface area contributed by atoms with Gasteiger partial charge in [0.1, 0.15) is 17.7 Å². The lowest BCUT2D eigenvalue weighted by Crippen LogP contribution is -2.51. The molecule has 2 atom stereocenters. The summed E-state index contributed by atoms with van der Waals surface area (Å²) in [5, 5.41) is 10.1. The molecule has 0 bridgehead atoms. The SMILES string of the molecule is Cc1[nH]nc(CCC(=O)N[C@@H]2COCC[C@@H]2Oc2cccc(F)c2)c1C. The van der Waals surface area contributed by atoms with Gasteiger partial charge in [-0.1, -0.05) is 6.07 Å². The highest BCUT2D eigenvalue weighted by atomic mass is 19.1. The number of hydrogen-bond donors (Lipinski definition) is 2. The molecule has 1 fully saturated rings. The maximum Gasteiger partial charge on any atom is 0.220 e. The Labute approximate surface area is 152 Å². The van der Waals surface area contributed by atoms with Crippen molar-refractivity contribution in [3.8, 4) is 5.75 Å². The van der Waals surface area contributed by atoms with Crippen molar-refractivity contribution in [2.24, 2.45) is 0 Å². The van der Waals surface area contributed by atoms with Crippen LogP contribution in [0.4, 0.5) is 4.39 Å². The summed E-state index contributed by atoms with van der Waals surface area (Å²) in [6.07, 6.45) is 1.31. The number of ether oxygens (including phenoxy) is 2. The quantitative estimate of drug-likeness (QED) is 0.829. The summed E-state index contributed by atoms with van der Waals surface area (Å²) in [6, 6.07) is 5.76. The van der Waals surface area contributed by atoms with E-state index in [0.29, 0.717) is 38.2 Å². The van der Waals surface area contributed by atoms with Crippen LogP contribution in [0, 0.1) is 19.7 Å².